The molecule has 1 rings (SSSR count). The zero-order chi connectivity index (χ0) is 17.1. The van der Waals surface area contributed by atoms with E-state index in [0.717, 1.165) is 6.42 Å². The molecule has 0 aliphatic carbocycles. The first-order valence-corrected chi connectivity index (χ1v) is 7.84. The summed E-state index contributed by atoms with van der Waals surface area (Å²) >= 11 is 0. The van der Waals surface area contributed by atoms with Crippen molar-refractivity contribution < 1.29 is 23.7 Å². The molecular formula is C17H27NO5. The molecule has 1 aromatic carbocycles. The number of esters is 1. The maximum atomic E-state index is 11.5. The summed E-state index contributed by atoms with van der Waals surface area (Å²) in [5.74, 6) is 0.195. The SMILES string of the molecule is CCCO[C@@H](COC)[C@@H](Oc1ccccc1)[C@H](C)OC(=O)CN. The van der Waals surface area contributed by atoms with Crippen LogP contribution in [0, 0.1) is 0 Å². The number of benzene rings is 1. The summed E-state index contributed by atoms with van der Waals surface area (Å²) in [7, 11) is 1.60. The van der Waals surface area contributed by atoms with Gasteiger partial charge in [0.15, 0.2) is 6.10 Å². The molecule has 0 saturated carbocycles. The molecule has 0 bridgehead atoms. The zero-order valence-corrected chi connectivity index (χ0v) is 14.1. The minimum absolute atomic E-state index is 0.173. The van der Waals surface area contributed by atoms with Crippen molar-refractivity contribution in [1.29, 1.82) is 0 Å². The molecule has 6 nitrogen and oxygen atoms in total. The van der Waals surface area contributed by atoms with E-state index in [-0.39, 0.29) is 12.6 Å². The molecule has 3 atom stereocenters. The zero-order valence-electron chi connectivity index (χ0n) is 14.1. The van der Waals surface area contributed by atoms with Gasteiger partial charge in [0.1, 0.15) is 18.0 Å². The van der Waals surface area contributed by atoms with Gasteiger partial charge < -0.3 is 24.7 Å². The molecule has 0 aliphatic rings. The molecule has 0 unspecified atom stereocenters. The van der Waals surface area contributed by atoms with Crippen molar-refractivity contribution in [3.8, 4) is 5.75 Å². The van der Waals surface area contributed by atoms with Crippen LogP contribution in [0.2, 0.25) is 0 Å². The van der Waals surface area contributed by atoms with Crippen LogP contribution in [0.1, 0.15) is 20.3 Å². The Morgan fingerprint density at radius 2 is 1.96 bits per heavy atom. The largest absolute Gasteiger partial charge is 0.484 e. The lowest BCUT2D eigenvalue weighted by atomic mass is 10.1. The number of hydrogen-bond acceptors (Lipinski definition) is 6. The molecule has 2 N–H and O–H groups in total. The van der Waals surface area contributed by atoms with E-state index in [1.165, 1.54) is 0 Å². The molecule has 6 heteroatoms. The molecule has 130 valence electrons. The summed E-state index contributed by atoms with van der Waals surface area (Å²) in [6.07, 6.45) is -0.515. The highest BCUT2D eigenvalue weighted by Crippen LogP contribution is 2.19. The molecule has 0 spiro atoms. The summed E-state index contributed by atoms with van der Waals surface area (Å²) in [6, 6.07) is 9.34. The van der Waals surface area contributed by atoms with Gasteiger partial charge in [-0.2, -0.15) is 0 Å². The molecule has 0 aliphatic heterocycles. The second kappa shape index (κ2) is 11.0. The van der Waals surface area contributed by atoms with Gasteiger partial charge in [-0.05, 0) is 25.5 Å². The maximum absolute atomic E-state index is 11.5. The fraction of sp³-hybridized carbons (Fsp3) is 0.588. The van der Waals surface area contributed by atoms with E-state index >= 15 is 0 Å². The van der Waals surface area contributed by atoms with Crippen molar-refractivity contribution in [2.75, 3.05) is 26.9 Å². The van der Waals surface area contributed by atoms with Gasteiger partial charge in [0, 0.05) is 13.7 Å². The third kappa shape index (κ3) is 6.99. The third-order valence-electron chi connectivity index (χ3n) is 3.20. The molecule has 23 heavy (non-hydrogen) atoms. The van der Waals surface area contributed by atoms with E-state index in [9.17, 15) is 4.79 Å². The Kier molecular flexibility index (Phi) is 9.28. The van der Waals surface area contributed by atoms with E-state index in [4.69, 9.17) is 24.7 Å². The Morgan fingerprint density at radius 1 is 1.26 bits per heavy atom. The Bertz CT molecular complexity index is 440. The summed E-state index contributed by atoms with van der Waals surface area (Å²) in [5.41, 5.74) is 5.32. The third-order valence-corrected chi connectivity index (χ3v) is 3.20. The quantitative estimate of drug-likeness (QED) is 0.625. The highest BCUT2D eigenvalue weighted by molar-refractivity contribution is 5.71. The molecule has 0 radical (unpaired) electrons. The number of ether oxygens (including phenoxy) is 4. The van der Waals surface area contributed by atoms with E-state index in [1.54, 1.807) is 14.0 Å². The van der Waals surface area contributed by atoms with Gasteiger partial charge in [-0.25, -0.2) is 0 Å². The van der Waals surface area contributed by atoms with Gasteiger partial charge in [0.05, 0.1) is 13.2 Å². The van der Waals surface area contributed by atoms with Gasteiger partial charge in [0.25, 0.3) is 0 Å². The van der Waals surface area contributed by atoms with Crippen LogP contribution >= 0.6 is 0 Å². The Balaban J connectivity index is 2.89. The number of rotatable bonds is 11. The van der Waals surface area contributed by atoms with Crippen molar-refractivity contribution in [3.63, 3.8) is 0 Å². The first kappa shape index (κ1) is 19.4. The lowest BCUT2D eigenvalue weighted by Gasteiger charge is -2.31. The van der Waals surface area contributed by atoms with Crippen LogP contribution in [0.5, 0.6) is 5.75 Å². The second-order valence-electron chi connectivity index (χ2n) is 5.16. The molecule has 0 heterocycles. The highest BCUT2D eigenvalue weighted by atomic mass is 16.6. The van der Waals surface area contributed by atoms with Crippen molar-refractivity contribution in [3.05, 3.63) is 30.3 Å². The number of carbonyl (C=O) groups excluding carboxylic acids is 1. The second-order valence-corrected chi connectivity index (χ2v) is 5.16. The van der Waals surface area contributed by atoms with Crippen LogP contribution in [-0.4, -0.2) is 51.1 Å². The first-order chi connectivity index (χ1) is 11.1. The molecule has 0 amide bonds. The average Bonchev–Trinajstić information content (AvgIpc) is 2.57. The van der Waals surface area contributed by atoms with Gasteiger partial charge in [-0.1, -0.05) is 25.1 Å². The maximum Gasteiger partial charge on any atom is 0.320 e. The predicted molar refractivity (Wildman–Crippen MR) is 87.4 cm³/mol. The van der Waals surface area contributed by atoms with Crippen molar-refractivity contribution in [1.82, 2.24) is 0 Å². The number of para-hydroxylation sites is 1. The van der Waals surface area contributed by atoms with Crippen LogP contribution in [0.3, 0.4) is 0 Å². The van der Waals surface area contributed by atoms with Crippen molar-refractivity contribution in [2.24, 2.45) is 5.73 Å². The molecule has 0 saturated heterocycles. The predicted octanol–water partition coefficient (Wildman–Crippen LogP) is 1.77. The van der Waals surface area contributed by atoms with Crippen LogP contribution in [0.15, 0.2) is 30.3 Å². The fourth-order valence-corrected chi connectivity index (χ4v) is 2.12. The highest BCUT2D eigenvalue weighted by Gasteiger charge is 2.32. The lowest BCUT2D eigenvalue weighted by molar-refractivity contribution is -0.159. The van der Waals surface area contributed by atoms with Crippen LogP contribution in [0.4, 0.5) is 0 Å². The minimum Gasteiger partial charge on any atom is -0.484 e. The van der Waals surface area contributed by atoms with Crippen molar-refractivity contribution in [2.45, 2.75) is 38.6 Å². The van der Waals surface area contributed by atoms with Crippen LogP contribution < -0.4 is 10.5 Å². The van der Waals surface area contributed by atoms with Crippen LogP contribution in [0.25, 0.3) is 0 Å². The number of hydrogen-bond donors (Lipinski definition) is 1. The van der Waals surface area contributed by atoms with E-state index < -0.39 is 18.2 Å². The van der Waals surface area contributed by atoms with E-state index in [1.807, 2.05) is 37.3 Å². The van der Waals surface area contributed by atoms with Crippen LogP contribution in [-0.2, 0) is 19.0 Å². The van der Waals surface area contributed by atoms with Gasteiger partial charge in [-0.15, -0.1) is 0 Å². The Morgan fingerprint density at radius 3 is 2.52 bits per heavy atom. The normalized spacial score (nSPS) is 14.8. The first-order valence-electron chi connectivity index (χ1n) is 7.84. The fourth-order valence-electron chi connectivity index (χ4n) is 2.12. The molecule has 1 aromatic rings. The number of nitrogens with two attached hydrogens (primary N) is 1. The molecular weight excluding hydrogens is 298 g/mol. The summed E-state index contributed by atoms with van der Waals surface area (Å²) in [6.45, 7) is 4.52. The van der Waals surface area contributed by atoms with E-state index in [2.05, 4.69) is 0 Å². The number of methoxy groups -OCH3 is 1. The summed E-state index contributed by atoms with van der Waals surface area (Å²) < 4.78 is 22.4. The average molecular weight is 325 g/mol. The lowest BCUT2D eigenvalue weighted by Crippen LogP contribution is -2.47. The van der Waals surface area contributed by atoms with Crippen molar-refractivity contribution >= 4 is 5.97 Å². The minimum atomic E-state index is -0.525. The van der Waals surface area contributed by atoms with Gasteiger partial charge in [-0.3, -0.25) is 4.79 Å². The topological polar surface area (TPSA) is 80.0 Å². The summed E-state index contributed by atoms with van der Waals surface area (Å²) in [5, 5.41) is 0. The van der Waals surface area contributed by atoms with E-state index in [0.29, 0.717) is 19.0 Å². The Labute approximate surface area is 137 Å². The van der Waals surface area contributed by atoms with Gasteiger partial charge >= 0.3 is 5.97 Å². The smallest absolute Gasteiger partial charge is 0.320 e. The monoisotopic (exact) mass is 325 g/mol. The molecule has 0 aromatic heterocycles. The number of carbonyl (C=O) groups is 1. The standard InChI is InChI=1S/C17H27NO5/c1-4-10-21-15(12-20-3)17(13(2)22-16(19)11-18)23-14-8-6-5-7-9-14/h5-9,13,15,17H,4,10-12,18H2,1-3H3/t13-,15-,17-/m0/s1. The summed E-state index contributed by atoms with van der Waals surface area (Å²) in [4.78, 5) is 11.5. The van der Waals surface area contributed by atoms with Gasteiger partial charge in [0.2, 0.25) is 0 Å². The Hall–Kier alpha value is -1.63. The molecule has 0 fully saturated rings.